The monoisotopic (exact) mass is 420 g/mol. The summed E-state index contributed by atoms with van der Waals surface area (Å²) in [6, 6.07) is 10.4. The highest BCUT2D eigenvalue weighted by molar-refractivity contribution is 6.35. The molecule has 0 radical (unpaired) electrons. The first-order valence-corrected chi connectivity index (χ1v) is 8.86. The normalized spacial score (nSPS) is 10.4. The van der Waals surface area contributed by atoms with Gasteiger partial charge in [-0.3, -0.25) is 14.4 Å². The minimum Gasteiger partial charge on any atom is -0.484 e. The number of nitrogens with one attached hydrogen (secondary N) is 3. The van der Waals surface area contributed by atoms with Crippen molar-refractivity contribution in [2.45, 2.75) is 6.92 Å². The topological polar surface area (TPSA) is 109 Å². The average Bonchev–Trinajstić information content (AvgIpc) is 2.69. The molecule has 29 heavy (non-hydrogen) atoms. The number of benzene rings is 2. The number of rotatable bonds is 7. The number of anilines is 1. The average molecular weight is 421 g/mol. The Morgan fingerprint density at radius 1 is 1.17 bits per heavy atom. The van der Waals surface area contributed by atoms with Gasteiger partial charge in [0.15, 0.2) is 6.61 Å². The lowest BCUT2D eigenvalue weighted by molar-refractivity contribution is -0.139. The zero-order valence-corrected chi connectivity index (χ0v) is 16.1. The minimum atomic E-state index is -0.881. The molecule has 0 aromatic heterocycles. The Labute approximate surface area is 171 Å². The summed E-state index contributed by atoms with van der Waals surface area (Å²) in [5.74, 6) is -2.32. The van der Waals surface area contributed by atoms with Gasteiger partial charge in [-0.1, -0.05) is 23.7 Å². The van der Waals surface area contributed by atoms with E-state index in [0.717, 1.165) is 6.07 Å². The van der Waals surface area contributed by atoms with Gasteiger partial charge in [0.25, 0.3) is 5.91 Å². The number of halogens is 2. The van der Waals surface area contributed by atoms with Crippen LogP contribution in [0.25, 0.3) is 0 Å². The minimum absolute atomic E-state index is 0.102. The van der Waals surface area contributed by atoms with E-state index in [0.29, 0.717) is 23.5 Å². The number of hydrogen-bond donors (Lipinski definition) is 3. The number of amides is 3. The highest BCUT2D eigenvalue weighted by Gasteiger charge is 2.10. The Hall–Kier alpha value is -3.46. The van der Waals surface area contributed by atoms with Crippen molar-refractivity contribution < 1.29 is 23.5 Å². The van der Waals surface area contributed by atoms with Crippen LogP contribution in [0.3, 0.4) is 0 Å². The van der Waals surface area contributed by atoms with Crippen molar-refractivity contribution in [3.63, 3.8) is 0 Å². The molecule has 0 aliphatic carbocycles. The third kappa shape index (κ3) is 7.23. The maximum absolute atomic E-state index is 13.1. The largest absolute Gasteiger partial charge is 0.484 e. The van der Waals surface area contributed by atoms with Gasteiger partial charge in [-0.25, -0.2) is 9.82 Å². The summed E-state index contributed by atoms with van der Waals surface area (Å²) >= 11 is 5.66. The summed E-state index contributed by atoms with van der Waals surface area (Å²) in [6.07, 6.45) is 1.32. The summed E-state index contributed by atoms with van der Waals surface area (Å²) in [6.45, 7) is 1.73. The lowest BCUT2D eigenvalue weighted by atomic mass is 10.2. The second-order valence-electron chi connectivity index (χ2n) is 5.60. The van der Waals surface area contributed by atoms with E-state index in [4.69, 9.17) is 16.3 Å². The van der Waals surface area contributed by atoms with Crippen molar-refractivity contribution in [1.82, 2.24) is 10.7 Å². The quantitative estimate of drug-likeness (QED) is 0.362. The molecule has 0 fully saturated rings. The second kappa shape index (κ2) is 10.8. The molecule has 0 aliphatic heterocycles. The molecule has 0 saturated heterocycles. The van der Waals surface area contributed by atoms with Crippen LogP contribution in [-0.4, -0.2) is 37.1 Å². The summed E-state index contributed by atoms with van der Waals surface area (Å²) < 4.78 is 18.5. The molecule has 0 bridgehead atoms. The van der Waals surface area contributed by atoms with Gasteiger partial charge in [0.2, 0.25) is 0 Å². The van der Waals surface area contributed by atoms with Gasteiger partial charge in [0.1, 0.15) is 11.6 Å². The molecule has 0 saturated carbocycles. The Balaban J connectivity index is 1.86. The number of carbonyl (C=O) groups is 3. The van der Waals surface area contributed by atoms with Crippen LogP contribution in [-0.2, 0) is 14.4 Å². The molecule has 152 valence electrons. The Morgan fingerprint density at radius 2 is 1.97 bits per heavy atom. The van der Waals surface area contributed by atoms with E-state index in [9.17, 15) is 18.8 Å². The maximum atomic E-state index is 13.1. The van der Waals surface area contributed by atoms with Crippen LogP contribution in [0.15, 0.2) is 47.6 Å². The van der Waals surface area contributed by atoms with Crippen LogP contribution >= 0.6 is 11.6 Å². The standard InChI is InChI=1S/C19H18ClFN4O4/c1-2-22-18(27)19(28)25-23-10-12-4-3-5-14(8-12)29-11-17(26)24-13-6-7-16(21)15(20)9-13/h3-10H,2,11H2,1H3,(H,22,27)(H,24,26)(H,25,28)/b23-10-. The zero-order chi connectivity index (χ0) is 21.2. The highest BCUT2D eigenvalue weighted by atomic mass is 35.5. The number of likely N-dealkylation sites (N-methyl/N-ethyl adjacent to an activating group) is 1. The van der Waals surface area contributed by atoms with Crippen LogP contribution in [0.1, 0.15) is 12.5 Å². The van der Waals surface area contributed by atoms with Crippen LogP contribution in [0.2, 0.25) is 5.02 Å². The molecule has 0 aliphatic rings. The van der Waals surface area contributed by atoms with Gasteiger partial charge >= 0.3 is 11.8 Å². The molecule has 2 aromatic carbocycles. The van der Waals surface area contributed by atoms with E-state index >= 15 is 0 Å². The SMILES string of the molecule is CCNC(=O)C(=O)N/N=C\c1cccc(OCC(=O)Nc2ccc(F)c(Cl)c2)c1. The van der Waals surface area contributed by atoms with Crippen molar-refractivity contribution >= 4 is 41.2 Å². The number of ether oxygens (including phenoxy) is 1. The molecule has 0 spiro atoms. The lowest BCUT2D eigenvalue weighted by Gasteiger charge is -2.08. The predicted molar refractivity (Wildman–Crippen MR) is 106 cm³/mol. The molecule has 0 atom stereocenters. The fraction of sp³-hybridized carbons (Fsp3) is 0.158. The second-order valence-corrected chi connectivity index (χ2v) is 6.00. The molecular weight excluding hydrogens is 403 g/mol. The molecule has 2 aromatic rings. The van der Waals surface area contributed by atoms with Crippen molar-refractivity contribution in [3.8, 4) is 5.75 Å². The van der Waals surface area contributed by atoms with Gasteiger partial charge in [-0.15, -0.1) is 0 Å². The summed E-state index contributed by atoms with van der Waals surface area (Å²) in [5.41, 5.74) is 3.01. The van der Waals surface area contributed by atoms with E-state index in [2.05, 4.69) is 21.2 Å². The van der Waals surface area contributed by atoms with Gasteiger partial charge in [0.05, 0.1) is 11.2 Å². The first-order chi connectivity index (χ1) is 13.9. The molecule has 0 unspecified atom stereocenters. The molecule has 3 amide bonds. The Kier molecular flexibility index (Phi) is 8.11. The highest BCUT2D eigenvalue weighted by Crippen LogP contribution is 2.19. The van der Waals surface area contributed by atoms with Gasteiger partial charge in [-0.05, 0) is 42.8 Å². The molecular formula is C19H18ClFN4O4. The first kappa shape index (κ1) is 21.8. The van der Waals surface area contributed by atoms with Crippen LogP contribution in [0.5, 0.6) is 5.75 Å². The molecule has 2 rings (SSSR count). The van der Waals surface area contributed by atoms with E-state index in [1.54, 1.807) is 31.2 Å². The van der Waals surface area contributed by atoms with E-state index < -0.39 is 23.5 Å². The molecule has 8 nitrogen and oxygen atoms in total. The zero-order valence-electron chi connectivity index (χ0n) is 15.4. The predicted octanol–water partition coefficient (Wildman–Crippen LogP) is 2.08. The van der Waals surface area contributed by atoms with Crippen molar-refractivity contribution in [2.75, 3.05) is 18.5 Å². The van der Waals surface area contributed by atoms with Crippen molar-refractivity contribution in [1.29, 1.82) is 0 Å². The number of hydrogen-bond acceptors (Lipinski definition) is 5. The summed E-state index contributed by atoms with van der Waals surface area (Å²) in [4.78, 5) is 34.6. The fourth-order valence-electron chi connectivity index (χ4n) is 2.06. The number of hydrazone groups is 1. The summed E-state index contributed by atoms with van der Waals surface area (Å²) in [7, 11) is 0. The van der Waals surface area contributed by atoms with E-state index in [-0.39, 0.29) is 11.6 Å². The van der Waals surface area contributed by atoms with Gasteiger partial charge in [0, 0.05) is 12.2 Å². The third-order valence-corrected chi connectivity index (χ3v) is 3.64. The Morgan fingerprint density at radius 3 is 2.69 bits per heavy atom. The fourth-order valence-corrected chi connectivity index (χ4v) is 2.24. The smallest absolute Gasteiger partial charge is 0.329 e. The summed E-state index contributed by atoms with van der Waals surface area (Å²) in [5, 5.41) is 8.47. The van der Waals surface area contributed by atoms with Crippen molar-refractivity contribution in [3.05, 3.63) is 58.9 Å². The van der Waals surface area contributed by atoms with E-state index in [1.807, 2.05) is 0 Å². The number of nitrogens with zero attached hydrogens (tertiary/aromatic N) is 1. The maximum Gasteiger partial charge on any atom is 0.329 e. The van der Waals surface area contributed by atoms with Crippen molar-refractivity contribution in [2.24, 2.45) is 5.10 Å². The van der Waals surface area contributed by atoms with Gasteiger partial charge in [-0.2, -0.15) is 5.10 Å². The van der Waals surface area contributed by atoms with Crippen LogP contribution in [0, 0.1) is 5.82 Å². The van der Waals surface area contributed by atoms with Crippen LogP contribution < -0.4 is 20.8 Å². The molecule has 10 heteroatoms. The lowest BCUT2D eigenvalue weighted by Crippen LogP contribution is -2.37. The Bertz CT molecular complexity index is 936. The molecule has 3 N–H and O–H groups in total. The van der Waals surface area contributed by atoms with Crippen LogP contribution in [0.4, 0.5) is 10.1 Å². The van der Waals surface area contributed by atoms with E-state index in [1.165, 1.54) is 18.3 Å². The molecule has 0 heterocycles. The third-order valence-electron chi connectivity index (χ3n) is 3.35. The number of carbonyl (C=O) groups excluding carboxylic acids is 3. The first-order valence-electron chi connectivity index (χ1n) is 8.48. The van der Waals surface area contributed by atoms with Gasteiger partial charge < -0.3 is 15.4 Å².